The van der Waals surface area contributed by atoms with Crippen molar-refractivity contribution in [3.8, 4) is 0 Å². The van der Waals surface area contributed by atoms with E-state index in [1.54, 1.807) is 11.9 Å². The molecule has 1 amide bonds. The zero-order chi connectivity index (χ0) is 18.2. The van der Waals surface area contributed by atoms with Crippen LogP contribution in [0.2, 0.25) is 0 Å². The zero-order valence-electron chi connectivity index (χ0n) is 14.7. The summed E-state index contributed by atoms with van der Waals surface area (Å²) in [4.78, 5) is 42.5. The summed E-state index contributed by atoms with van der Waals surface area (Å²) in [6, 6.07) is 1.48. The van der Waals surface area contributed by atoms with Crippen LogP contribution >= 0.6 is 0 Å². The number of aromatic nitrogens is 3. The summed E-state index contributed by atoms with van der Waals surface area (Å²) in [7, 11) is 4.62. The first-order valence-electron chi connectivity index (χ1n) is 7.60. The summed E-state index contributed by atoms with van der Waals surface area (Å²) in [6.45, 7) is 4.87. The minimum absolute atomic E-state index is 0.214. The van der Waals surface area contributed by atoms with Gasteiger partial charge in [0.1, 0.15) is 5.65 Å². The number of hydrogen-bond acceptors (Lipinski definition) is 5. The van der Waals surface area contributed by atoms with Crippen molar-refractivity contribution in [1.82, 2.24) is 19.0 Å². The summed E-state index contributed by atoms with van der Waals surface area (Å²) < 4.78 is 2.28. The third-order valence-electron chi connectivity index (χ3n) is 4.10. The molecule has 24 heavy (non-hydrogen) atoms. The maximum atomic E-state index is 12.6. The van der Waals surface area contributed by atoms with E-state index in [1.165, 1.54) is 30.9 Å². The van der Waals surface area contributed by atoms with Crippen LogP contribution in [0, 0.1) is 5.41 Å². The molecule has 0 unspecified atom stereocenters. The van der Waals surface area contributed by atoms with Crippen molar-refractivity contribution in [3.63, 3.8) is 0 Å². The molecule has 2 heterocycles. The molecule has 0 aliphatic heterocycles. The van der Waals surface area contributed by atoms with Crippen LogP contribution in [0.25, 0.3) is 11.0 Å². The highest BCUT2D eigenvalue weighted by atomic mass is 16.2. The Balaban J connectivity index is 2.50. The smallest absolute Gasteiger partial charge is 0.332 e. The standard InChI is InChI=1S/C16H23N5O3/c1-16(2,8-17)9-19(3)13(22)10-6-11-12(18-7-10)20(4)15(24)21(5)14(11)23/h6-7H,8-9,17H2,1-5H3. The lowest BCUT2D eigenvalue weighted by molar-refractivity contribution is 0.0740. The van der Waals surface area contributed by atoms with E-state index in [-0.39, 0.29) is 22.4 Å². The molecule has 8 heteroatoms. The molecule has 0 atom stereocenters. The fraction of sp³-hybridized carbons (Fsp3) is 0.500. The van der Waals surface area contributed by atoms with E-state index in [0.717, 1.165) is 4.57 Å². The molecule has 0 aliphatic rings. The normalized spacial score (nSPS) is 11.8. The molecule has 0 saturated carbocycles. The molecule has 130 valence electrons. The molecule has 0 aromatic carbocycles. The Kier molecular flexibility index (Phi) is 4.61. The van der Waals surface area contributed by atoms with Crippen LogP contribution < -0.4 is 17.0 Å². The van der Waals surface area contributed by atoms with E-state index in [0.29, 0.717) is 18.7 Å². The first-order chi connectivity index (χ1) is 11.1. The van der Waals surface area contributed by atoms with E-state index in [4.69, 9.17) is 5.73 Å². The van der Waals surface area contributed by atoms with E-state index in [2.05, 4.69) is 4.98 Å². The van der Waals surface area contributed by atoms with Crippen LogP contribution in [0.1, 0.15) is 24.2 Å². The van der Waals surface area contributed by atoms with Gasteiger partial charge in [0.25, 0.3) is 11.5 Å². The van der Waals surface area contributed by atoms with Gasteiger partial charge >= 0.3 is 5.69 Å². The van der Waals surface area contributed by atoms with Gasteiger partial charge in [-0.2, -0.15) is 0 Å². The summed E-state index contributed by atoms with van der Waals surface area (Å²) in [6.07, 6.45) is 1.38. The lowest BCUT2D eigenvalue weighted by Gasteiger charge is -2.29. The van der Waals surface area contributed by atoms with Crippen molar-refractivity contribution < 1.29 is 4.79 Å². The minimum Gasteiger partial charge on any atom is -0.341 e. The number of hydrogen-bond donors (Lipinski definition) is 1. The number of pyridine rings is 1. The number of carbonyl (C=O) groups is 1. The topological polar surface area (TPSA) is 103 Å². The quantitative estimate of drug-likeness (QED) is 0.826. The average Bonchev–Trinajstić information content (AvgIpc) is 2.56. The van der Waals surface area contributed by atoms with Gasteiger partial charge in [0.2, 0.25) is 0 Å². The third-order valence-corrected chi connectivity index (χ3v) is 4.10. The predicted octanol–water partition coefficient (Wildman–Crippen LogP) is -0.311. The van der Waals surface area contributed by atoms with Gasteiger partial charge in [0.15, 0.2) is 0 Å². The molecule has 2 aromatic rings. The number of rotatable bonds is 4. The Labute approximate surface area is 139 Å². The van der Waals surface area contributed by atoms with Crippen LogP contribution in [0.4, 0.5) is 0 Å². The Morgan fingerprint density at radius 2 is 1.92 bits per heavy atom. The molecule has 0 bridgehead atoms. The molecule has 0 saturated heterocycles. The van der Waals surface area contributed by atoms with Crippen molar-refractivity contribution in [2.45, 2.75) is 13.8 Å². The van der Waals surface area contributed by atoms with E-state index in [9.17, 15) is 14.4 Å². The van der Waals surface area contributed by atoms with E-state index < -0.39 is 11.2 Å². The number of fused-ring (bicyclic) bond motifs is 1. The van der Waals surface area contributed by atoms with Crippen molar-refractivity contribution in [3.05, 3.63) is 38.7 Å². The first kappa shape index (κ1) is 17.9. The molecule has 0 spiro atoms. The Morgan fingerprint density at radius 3 is 2.50 bits per heavy atom. The average molecular weight is 333 g/mol. The van der Waals surface area contributed by atoms with Gasteiger partial charge < -0.3 is 10.6 Å². The summed E-state index contributed by atoms with van der Waals surface area (Å²) in [5.74, 6) is -0.248. The molecule has 2 aromatic heterocycles. The second kappa shape index (κ2) is 6.20. The second-order valence-electron chi connectivity index (χ2n) is 6.83. The summed E-state index contributed by atoms with van der Waals surface area (Å²) in [5.41, 5.74) is 5.12. The molecule has 0 fully saturated rings. The van der Waals surface area contributed by atoms with E-state index in [1.807, 2.05) is 13.8 Å². The van der Waals surface area contributed by atoms with Gasteiger partial charge in [-0.3, -0.25) is 18.7 Å². The van der Waals surface area contributed by atoms with Gasteiger partial charge in [-0.05, 0) is 18.0 Å². The van der Waals surface area contributed by atoms with Gasteiger partial charge in [-0.25, -0.2) is 9.78 Å². The third kappa shape index (κ3) is 3.09. The SMILES string of the molecule is CN(CC(C)(C)CN)C(=O)c1cnc2c(c1)c(=O)n(C)c(=O)n2C. The van der Waals surface area contributed by atoms with Gasteiger partial charge in [0.05, 0.1) is 10.9 Å². The summed E-state index contributed by atoms with van der Waals surface area (Å²) >= 11 is 0. The number of carbonyl (C=O) groups excluding carboxylic acids is 1. The number of nitrogens with two attached hydrogens (primary N) is 1. The molecule has 2 rings (SSSR count). The Hall–Kier alpha value is -2.48. The lowest BCUT2D eigenvalue weighted by atomic mass is 9.93. The number of nitrogens with zero attached hydrogens (tertiary/aromatic N) is 4. The van der Waals surface area contributed by atoms with Gasteiger partial charge in [-0.1, -0.05) is 13.8 Å². The van der Waals surface area contributed by atoms with Crippen LogP contribution in [0.5, 0.6) is 0 Å². The van der Waals surface area contributed by atoms with Crippen molar-refractivity contribution in [2.24, 2.45) is 25.2 Å². The molecule has 0 aliphatic carbocycles. The molecule has 0 radical (unpaired) electrons. The predicted molar refractivity (Wildman–Crippen MR) is 92.0 cm³/mol. The molecular formula is C16H23N5O3. The highest BCUT2D eigenvalue weighted by molar-refractivity contribution is 5.96. The van der Waals surface area contributed by atoms with Crippen LogP contribution in [0.3, 0.4) is 0 Å². The second-order valence-corrected chi connectivity index (χ2v) is 6.83. The molecule has 8 nitrogen and oxygen atoms in total. The van der Waals surface area contributed by atoms with Crippen molar-refractivity contribution in [1.29, 1.82) is 0 Å². The Morgan fingerprint density at radius 1 is 1.29 bits per heavy atom. The first-order valence-corrected chi connectivity index (χ1v) is 7.60. The maximum Gasteiger partial charge on any atom is 0.332 e. The fourth-order valence-corrected chi connectivity index (χ4v) is 2.58. The van der Waals surface area contributed by atoms with Gasteiger partial charge in [0, 0.05) is 33.9 Å². The Bertz CT molecular complexity index is 910. The maximum absolute atomic E-state index is 12.6. The van der Waals surface area contributed by atoms with Crippen LogP contribution in [-0.4, -0.2) is 45.1 Å². The largest absolute Gasteiger partial charge is 0.341 e. The minimum atomic E-state index is -0.472. The summed E-state index contributed by atoms with van der Waals surface area (Å²) in [5, 5.41) is 0.233. The van der Waals surface area contributed by atoms with Crippen LogP contribution in [0.15, 0.2) is 21.9 Å². The highest BCUT2D eigenvalue weighted by Crippen LogP contribution is 2.16. The van der Waals surface area contributed by atoms with Crippen molar-refractivity contribution >= 4 is 16.9 Å². The zero-order valence-corrected chi connectivity index (χ0v) is 14.7. The highest BCUT2D eigenvalue weighted by Gasteiger charge is 2.23. The fourth-order valence-electron chi connectivity index (χ4n) is 2.58. The van der Waals surface area contributed by atoms with Crippen LogP contribution in [-0.2, 0) is 14.1 Å². The number of aryl methyl sites for hydroxylation is 1. The molecular weight excluding hydrogens is 310 g/mol. The molecule has 2 N–H and O–H groups in total. The monoisotopic (exact) mass is 333 g/mol. The van der Waals surface area contributed by atoms with E-state index >= 15 is 0 Å². The van der Waals surface area contributed by atoms with Crippen molar-refractivity contribution in [2.75, 3.05) is 20.1 Å². The van der Waals surface area contributed by atoms with Gasteiger partial charge in [-0.15, -0.1) is 0 Å². The lowest BCUT2D eigenvalue weighted by Crippen LogP contribution is -2.40. The number of amides is 1.